The highest BCUT2D eigenvalue weighted by Crippen LogP contribution is 2.31. The number of aromatic nitrogens is 4. The summed E-state index contributed by atoms with van der Waals surface area (Å²) in [4.78, 5) is 18.4. The van der Waals surface area contributed by atoms with Gasteiger partial charge in [-0.1, -0.05) is 5.21 Å². The van der Waals surface area contributed by atoms with Gasteiger partial charge in [0.1, 0.15) is 11.3 Å². The number of nitrogens with zero attached hydrogens (tertiary/aromatic N) is 5. The number of hydrogen-bond donors (Lipinski definition) is 1. The molecule has 3 heterocycles. The molecule has 1 unspecified atom stereocenters. The normalized spacial score (nSPS) is 21.2. The lowest BCUT2D eigenvalue weighted by molar-refractivity contribution is 0.0381. The van der Waals surface area contributed by atoms with Crippen molar-refractivity contribution in [1.29, 1.82) is 0 Å². The van der Waals surface area contributed by atoms with Crippen molar-refractivity contribution in [3.63, 3.8) is 0 Å². The van der Waals surface area contributed by atoms with E-state index in [1.165, 1.54) is 0 Å². The predicted molar refractivity (Wildman–Crippen MR) is 83.8 cm³/mol. The lowest BCUT2D eigenvalue weighted by Gasteiger charge is -2.21. The Hall–Kier alpha value is -2.28. The highest BCUT2D eigenvalue weighted by molar-refractivity contribution is 5.95. The number of aliphatic hydroxyl groups is 1. The molecule has 1 N–H and O–H groups in total. The highest BCUT2D eigenvalue weighted by Gasteiger charge is 2.42. The van der Waals surface area contributed by atoms with Crippen molar-refractivity contribution in [3.8, 4) is 0 Å². The number of rotatable bonds is 3. The summed E-state index contributed by atoms with van der Waals surface area (Å²) in [5, 5.41) is 19.0. The summed E-state index contributed by atoms with van der Waals surface area (Å²) >= 11 is 0. The first-order valence-corrected chi connectivity index (χ1v) is 7.76. The fraction of sp³-hybridized carbons (Fsp3) is 0.500. The highest BCUT2D eigenvalue weighted by atomic mass is 16.3. The molecule has 0 aliphatic carbocycles. The standard InChI is InChI=1S/C16H21N5O2/c1-11(2)21-9-14(18-19-21)16(23)6-8-20(10-16)15(22)13-5-4-7-17-12(13)3/h4-5,7,9,11,23H,6,8,10H2,1-3H3. The summed E-state index contributed by atoms with van der Waals surface area (Å²) in [7, 11) is 0. The third-order valence-corrected chi connectivity index (χ3v) is 4.29. The summed E-state index contributed by atoms with van der Waals surface area (Å²) in [5.74, 6) is -0.109. The van der Waals surface area contributed by atoms with E-state index in [0.717, 1.165) is 0 Å². The van der Waals surface area contributed by atoms with Gasteiger partial charge in [-0.3, -0.25) is 9.78 Å². The summed E-state index contributed by atoms with van der Waals surface area (Å²) in [6, 6.07) is 3.69. The first-order chi connectivity index (χ1) is 10.9. The van der Waals surface area contributed by atoms with Gasteiger partial charge < -0.3 is 10.0 Å². The summed E-state index contributed by atoms with van der Waals surface area (Å²) in [6.45, 7) is 6.51. The second kappa shape index (κ2) is 5.73. The number of aryl methyl sites for hydroxylation is 1. The smallest absolute Gasteiger partial charge is 0.255 e. The molecule has 0 saturated carbocycles. The van der Waals surface area contributed by atoms with Crippen molar-refractivity contribution in [2.24, 2.45) is 0 Å². The lowest BCUT2D eigenvalue weighted by Crippen LogP contribution is -2.35. The van der Waals surface area contributed by atoms with Crippen LogP contribution >= 0.6 is 0 Å². The summed E-state index contributed by atoms with van der Waals surface area (Å²) in [5.41, 5.74) is 0.643. The summed E-state index contributed by atoms with van der Waals surface area (Å²) in [6.07, 6.45) is 3.87. The molecular weight excluding hydrogens is 294 g/mol. The Bertz CT molecular complexity index is 727. The van der Waals surface area contributed by atoms with Crippen LogP contribution in [0.1, 0.15) is 48.1 Å². The van der Waals surface area contributed by atoms with E-state index in [2.05, 4.69) is 15.3 Å². The summed E-state index contributed by atoms with van der Waals surface area (Å²) < 4.78 is 1.71. The number of carbonyl (C=O) groups is 1. The maximum Gasteiger partial charge on any atom is 0.255 e. The molecule has 122 valence electrons. The van der Waals surface area contributed by atoms with Gasteiger partial charge in [-0.15, -0.1) is 5.10 Å². The second-order valence-corrected chi connectivity index (χ2v) is 6.32. The van der Waals surface area contributed by atoms with Crippen molar-refractivity contribution in [1.82, 2.24) is 24.9 Å². The molecular formula is C16H21N5O2. The average Bonchev–Trinajstić information content (AvgIpc) is 3.15. The molecule has 2 aromatic heterocycles. The van der Waals surface area contributed by atoms with E-state index in [4.69, 9.17) is 0 Å². The van der Waals surface area contributed by atoms with Crippen molar-refractivity contribution in [2.45, 2.75) is 38.8 Å². The molecule has 1 fully saturated rings. The van der Waals surface area contributed by atoms with E-state index >= 15 is 0 Å². The molecule has 0 radical (unpaired) electrons. The lowest BCUT2D eigenvalue weighted by atomic mass is 10.00. The molecule has 7 heteroatoms. The molecule has 0 spiro atoms. The Balaban J connectivity index is 1.79. The van der Waals surface area contributed by atoms with Gasteiger partial charge in [0, 0.05) is 30.9 Å². The topological polar surface area (TPSA) is 84.1 Å². The second-order valence-electron chi connectivity index (χ2n) is 6.32. The Morgan fingerprint density at radius 2 is 2.22 bits per heavy atom. The zero-order valence-electron chi connectivity index (χ0n) is 13.6. The van der Waals surface area contributed by atoms with Gasteiger partial charge in [0.2, 0.25) is 0 Å². The zero-order chi connectivity index (χ0) is 16.6. The van der Waals surface area contributed by atoms with Crippen molar-refractivity contribution in [3.05, 3.63) is 41.5 Å². The van der Waals surface area contributed by atoms with Crippen LogP contribution in [0.4, 0.5) is 0 Å². The molecule has 0 aromatic carbocycles. The van der Waals surface area contributed by atoms with Crippen LogP contribution in [0.25, 0.3) is 0 Å². The number of amides is 1. The zero-order valence-corrected chi connectivity index (χ0v) is 13.6. The SMILES string of the molecule is Cc1ncccc1C(=O)N1CCC(O)(c2cn(C(C)C)nn2)C1. The van der Waals surface area contributed by atoms with Crippen LogP contribution in [-0.4, -0.2) is 49.0 Å². The molecule has 1 amide bonds. The van der Waals surface area contributed by atoms with Crippen LogP contribution in [0, 0.1) is 6.92 Å². The average molecular weight is 315 g/mol. The number of likely N-dealkylation sites (tertiary alicyclic amines) is 1. The Kier molecular flexibility index (Phi) is 3.89. The maximum absolute atomic E-state index is 12.6. The van der Waals surface area contributed by atoms with Crippen LogP contribution in [0.2, 0.25) is 0 Å². The van der Waals surface area contributed by atoms with E-state index in [-0.39, 0.29) is 18.5 Å². The molecule has 23 heavy (non-hydrogen) atoms. The Morgan fingerprint density at radius 3 is 2.87 bits per heavy atom. The van der Waals surface area contributed by atoms with E-state index in [9.17, 15) is 9.90 Å². The van der Waals surface area contributed by atoms with Gasteiger partial charge in [-0.2, -0.15) is 0 Å². The Labute approximate surface area is 134 Å². The quantitative estimate of drug-likeness (QED) is 0.923. The molecule has 3 rings (SSSR count). The van der Waals surface area contributed by atoms with Crippen LogP contribution < -0.4 is 0 Å². The van der Waals surface area contributed by atoms with Crippen molar-refractivity contribution < 1.29 is 9.90 Å². The minimum Gasteiger partial charge on any atom is -0.381 e. The van der Waals surface area contributed by atoms with Crippen molar-refractivity contribution >= 4 is 5.91 Å². The third kappa shape index (κ3) is 2.84. The fourth-order valence-electron chi connectivity index (χ4n) is 2.80. The van der Waals surface area contributed by atoms with E-state index in [1.807, 2.05) is 20.8 Å². The molecule has 7 nitrogen and oxygen atoms in total. The minimum absolute atomic E-state index is 0.109. The maximum atomic E-state index is 12.6. The number of hydrogen-bond acceptors (Lipinski definition) is 5. The Morgan fingerprint density at radius 1 is 1.43 bits per heavy atom. The third-order valence-electron chi connectivity index (χ3n) is 4.29. The van der Waals surface area contributed by atoms with Crippen LogP contribution in [0.15, 0.2) is 24.5 Å². The van der Waals surface area contributed by atoms with Gasteiger partial charge in [0.15, 0.2) is 0 Å². The van der Waals surface area contributed by atoms with Gasteiger partial charge in [-0.25, -0.2) is 4.68 Å². The minimum atomic E-state index is -1.14. The predicted octanol–water partition coefficient (Wildman–Crippen LogP) is 1.30. The number of pyridine rings is 1. The van der Waals surface area contributed by atoms with Gasteiger partial charge >= 0.3 is 0 Å². The number of β-amino-alcohol motifs (C(OH)–C–C–N with tert-alkyl or cyclic N) is 1. The monoisotopic (exact) mass is 315 g/mol. The van der Waals surface area contributed by atoms with Crippen LogP contribution in [-0.2, 0) is 5.60 Å². The molecule has 1 aliphatic heterocycles. The molecule has 1 aliphatic rings. The van der Waals surface area contributed by atoms with Gasteiger partial charge in [0.25, 0.3) is 5.91 Å². The van der Waals surface area contributed by atoms with Crippen molar-refractivity contribution in [2.75, 3.05) is 13.1 Å². The number of carbonyl (C=O) groups excluding carboxylic acids is 1. The van der Waals surface area contributed by atoms with Crippen LogP contribution in [0.5, 0.6) is 0 Å². The first kappa shape index (κ1) is 15.6. The molecule has 0 bridgehead atoms. The first-order valence-electron chi connectivity index (χ1n) is 7.76. The molecule has 1 saturated heterocycles. The molecule has 2 aromatic rings. The van der Waals surface area contributed by atoms with E-state index < -0.39 is 5.60 Å². The van der Waals surface area contributed by atoms with E-state index in [0.29, 0.717) is 29.9 Å². The van der Waals surface area contributed by atoms with Gasteiger partial charge in [-0.05, 0) is 32.9 Å². The van der Waals surface area contributed by atoms with Crippen LogP contribution in [0.3, 0.4) is 0 Å². The largest absolute Gasteiger partial charge is 0.381 e. The van der Waals surface area contributed by atoms with Gasteiger partial charge in [0.05, 0.1) is 18.3 Å². The molecule has 1 atom stereocenters. The van der Waals surface area contributed by atoms with E-state index in [1.54, 1.807) is 34.1 Å². The fourth-order valence-corrected chi connectivity index (χ4v) is 2.80.